The molecular formula is C10H14O2S. The first-order chi connectivity index (χ1) is 6.00. The third-order valence-electron chi connectivity index (χ3n) is 1.45. The quantitative estimate of drug-likeness (QED) is 0.648. The molecule has 72 valence electrons. The first kappa shape index (κ1) is 11.9. The summed E-state index contributed by atoms with van der Waals surface area (Å²) in [7, 11) is -3.02. The Morgan fingerprint density at radius 1 is 1.08 bits per heavy atom. The van der Waals surface area contributed by atoms with Crippen molar-refractivity contribution in [3.8, 4) is 0 Å². The van der Waals surface area contributed by atoms with Crippen LogP contribution in [0.3, 0.4) is 0 Å². The van der Waals surface area contributed by atoms with E-state index >= 15 is 0 Å². The number of aryl methyl sites for hydroxylation is 1. The van der Waals surface area contributed by atoms with Crippen molar-refractivity contribution in [3.05, 3.63) is 43.0 Å². The summed E-state index contributed by atoms with van der Waals surface area (Å²) >= 11 is 0. The molecule has 0 aromatic heterocycles. The van der Waals surface area contributed by atoms with E-state index in [0.29, 0.717) is 4.90 Å². The van der Waals surface area contributed by atoms with Gasteiger partial charge in [0.25, 0.3) is 0 Å². The highest BCUT2D eigenvalue weighted by atomic mass is 32.2. The van der Waals surface area contributed by atoms with Gasteiger partial charge in [-0.1, -0.05) is 17.7 Å². The van der Waals surface area contributed by atoms with E-state index in [9.17, 15) is 8.42 Å². The van der Waals surface area contributed by atoms with Gasteiger partial charge < -0.3 is 0 Å². The van der Waals surface area contributed by atoms with Crippen LogP contribution >= 0.6 is 0 Å². The third-order valence-corrected chi connectivity index (χ3v) is 2.58. The second-order valence-corrected chi connectivity index (χ2v) is 4.60. The summed E-state index contributed by atoms with van der Waals surface area (Å²) in [6.07, 6.45) is 1.21. The lowest BCUT2D eigenvalue weighted by atomic mass is 10.2. The molecule has 0 fully saturated rings. The van der Waals surface area contributed by atoms with Crippen LogP contribution in [0.1, 0.15) is 5.56 Å². The SMILES string of the molecule is C=C.Cc1ccc(S(C)(=O)=O)cc1. The summed E-state index contributed by atoms with van der Waals surface area (Å²) in [5.41, 5.74) is 1.07. The molecule has 0 aliphatic rings. The van der Waals surface area contributed by atoms with Crippen molar-refractivity contribution in [1.29, 1.82) is 0 Å². The molecule has 0 amide bonds. The van der Waals surface area contributed by atoms with Gasteiger partial charge in [-0.3, -0.25) is 0 Å². The minimum absolute atomic E-state index is 0.378. The fourth-order valence-corrected chi connectivity index (χ4v) is 1.42. The van der Waals surface area contributed by atoms with Gasteiger partial charge in [-0.2, -0.15) is 0 Å². The van der Waals surface area contributed by atoms with Gasteiger partial charge in [-0.15, -0.1) is 13.2 Å². The third kappa shape index (κ3) is 3.90. The second-order valence-electron chi connectivity index (χ2n) is 2.59. The van der Waals surface area contributed by atoms with Gasteiger partial charge in [-0.05, 0) is 19.1 Å². The molecule has 1 aromatic rings. The Labute approximate surface area is 79.8 Å². The molecule has 0 aliphatic carbocycles. The van der Waals surface area contributed by atoms with E-state index in [1.54, 1.807) is 24.3 Å². The van der Waals surface area contributed by atoms with Crippen LogP contribution in [-0.4, -0.2) is 14.7 Å². The van der Waals surface area contributed by atoms with Crippen molar-refractivity contribution in [1.82, 2.24) is 0 Å². The molecule has 0 N–H and O–H groups in total. The lowest BCUT2D eigenvalue weighted by molar-refractivity contribution is 0.602. The minimum Gasteiger partial charge on any atom is -0.224 e. The van der Waals surface area contributed by atoms with Crippen LogP contribution in [-0.2, 0) is 9.84 Å². The summed E-state index contributed by atoms with van der Waals surface area (Å²) in [5.74, 6) is 0. The maximum atomic E-state index is 10.9. The van der Waals surface area contributed by atoms with E-state index in [1.165, 1.54) is 6.26 Å². The van der Waals surface area contributed by atoms with E-state index in [0.717, 1.165) is 5.56 Å². The highest BCUT2D eigenvalue weighted by Crippen LogP contribution is 2.08. The van der Waals surface area contributed by atoms with Crippen LogP contribution < -0.4 is 0 Å². The number of hydrogen-bond acceptors (Lipinski definition) is 2. The number of sulfone groups is 1. The molecule has 3 heteroatoms. The van der Waals surface area contributed by atoms with E-state index in [1.807, 2.05) is 6.92 Å². The van der Waals surface area contributed by atoms with Gasteiger partial charge in [0.15, 0.2) is 9.84 Å². The van der Waals surface area contributed by atoms with Crippen molar-refractivity contribution < 1.29 is 8.42 Å². The van der Waals surface area contributed by atoms with Gasteiger partial charge >= 0.3 is 0 Å². The van der Waals surface area contributed by atoms with Crippen molar-refractivity contribution in [2.24, 2.45) is 0 Å². The Hall–Kier alpha value is -1.09. The molecule has 13 heavy (non-hydrogen) atoms. The second kappa shape index (κ2) is 4.82. The van der Waals surface area contributed by atoms with Crippen molar-refractivity contribution >= 4 is 9.84 Å². The van der Waals surface area contributed by atoms with E-state index in [2.05, 4.69) is 13.2 Å². The van der Waals surface area contributed by atoms with Crippen LogP contribution in [0.4, 0.5) is 0 Å². The summed E-state index contributed by atoms with van der Waals surface area (Å²) in [6.45, 7) is 7.92. The molecule has 0 unspecified atom stereocenters. The molecule has 0 atom stereocenters. The van der Waals surface area contributed by atoms with Gasteiger partial charge in [-0.25, -0.2) is 8.42 Å². The summed E-state index contributed by atoms with van der Waals surface area (Å²) in [6, 6.07) is 6.81. The molecule has 0 heterocycles. The molecule has 0 saturated heterocycles. The minimum atomic E-state index is -3.02. The highest BCUT2D eigenvalue weighted by Gasteiger charge is 2.04. The average molecular weight is 198 g/mol. The van der Waals surface area contributed by atoms with Crippen molar-refractivity contribution in [2.45, 2.75) is 11.8 Å². The monoisotopic (exact) mass is 198 g/mol. The maximum absolute atomic E-state index is 10.9. The zero-order valence-electron chi connectivity index (χ0n) is 7.95. The number of rotatable bonds is 1. The Morgan fingerprint density at radius 2 is 1.46 bits per heavy atom. The highest BCUT2D eigenvalue weighted by molar-refractivity contribution is 7.90. The topological polar surface area (TPSA) is 34.1 Å². The van der Waals surface area contributed by atoms with E-state index in [-0.39, 0.29) is 0 Å². The van der Waals surface area contributed by atoms with Crippen LogP contribution in [0.5, 0.6) is 0 Å². The summed E-state index contributed by atoms with van der Waals surface area (Å²) in [4.78, 5) is 0.378. The zero-order valence-corrected chi connectivity index (χ0v) is 8.76. The average Bonchev–Trinajstić information content (AvgIpc) is 2.07. The first-order valence-electron chi connectivity index (χ1n) is 3.77. The van der Waals surface area contributed by atoms with Crippen LogP contribution in [0.2, 0.25) is 0 Å². The number of benzene rings is 1. The Morgan fingerprint density at radius 3 is 1.77 bits per heavy atom. The first-order valence-corrected chi connectivity index (χ1v) is 5.66. The van der Waals surface area contributed by atoms with Gasteiger partial charge in [0.1, 0.15) is 0 Å². The molecule has 1 aromatic carbocycles. The Bertz CT molecular complexity index is 349. The summed E-state index contributed by atoms with van der Waals surface area (Å²) < 4.78 is 21.9. The molecule has 0 bridgehead atoms. The molecule has 0 radical (unpaired) electrons. The zero-order chi connectivity index (χ0) is 10.5. The fourth-order valence-electron chi connectivity index (χ4n) is 0.785. The Balaban J connectivity index is 0.000000671. The lowest BCUT2D eigenvalue weighted by Crippen LogP contribution is -1.95. The standard InChI is InChI=1S/C8H10O2S.C2H4/c1-7-3-5-8(6-4-7)11(2,9)10;1-2/h3-6H,1-2H3;1-2H2. The Kier molecular flexibility index (Phi) is 4.42. The molecular weight excluding hydrogens is 184 g/mol. The van der Waals surface area contributed by atoms with Crippen LogP contribution in [0.15, 0.2) is 42.3 Å². The molecule has 2 nitrogen and oxygen atoms in total. The molecule has 0 aliphatic heterocycles. The van der Waals surface area contributed by atoms with E-state index < -0.39 is 9.84 Å². The van der Waals surface area contributed by atoms with Crippen LogP contribution in [0, 0.1) is 6.92 Å². The molecule has 0 spiro atoms. The van der Waals surface area contributed by atoms with Crippen molar-refractivity contribution in [3.63, 3.8) is 0 Å². The lowest BCUT2D eigenvalue weighted by Gasteiger charge is -1.96. The van der Waals surface area contributed by atoms with Gasteiger partial charge in [0, 0.05) is 6.26 Å². The molecule has 1 rings (SSSR count). The maximum Gasteiger partial charge on any atom is 0.175 e. The normalized spacial score (nSPS) is 10.0. The van der Waals surface area contributed by atoms with Gasteiger partial charge in [0.2, 0.25) is 0 Å². The smallest absolute Gasteiger partial charge is 0.175 e. The molecule has 0 saturated carbocycles. The number of hydrogen-bond donors (Lipinski definition) is 0. The largest absolute Gasteiger partial charge is 0.224 e. The fraction of sp³-hybridized carbons (Fsp3) is 0.200. The van der Waals surface area contributed by atoms with E-state index in [4.69, 9.17) is 0 Å². The van der Waals surface area contributed by atoms with Gasteiger partial charge in [0.05, 0.1) is 4.90 Å². The predicted molar refractivity (Wildman–Crippen MR) is 55.5 cm³/mol. The summed E-state index contributed by atoms with van der Waals surface area (Å²) in [5, 5.41) is 0. The van der Waals surface area contributed by atoms with Crippen molar-refractivity contribution in [2.75, 3.05) is 6.26 Å². The van der Waals surface area contributed by atoms with Crippen LogP contribution in [0.25, 0.3) is 0 Å². The predicted octanol–water partition coefficient (Wildman–Crippen LogP) is 2.20.